The molecule has 1 aliphatic heterocycles. The van der Waals surface area contributed by atoms with Crippen LogP contribution in [0.15, 0.2) is 30.8 Å². The van der Waals surface area contributed by atoms with Gasteiger partial charge in [0.1, 0.15) is 0 Å². The molecule has 0 spiro atoms. The average molecular weight is 215 g/mol. The predicted molar refractivity (Wildman–Crippen MR) is 70.5 cm³/mol. The van der Waals surface area contributed by atoms with Crippen molar-refractivity contribution >= 4 is 6.08 Å². The zero-order valence-electron chi connectivity index (χ0n) is 9.99. The molecule has 0 amide bonds. The van der Waals surface area contributed by atoms with Gasteiger partial charge in [-0.2, -0.15) is 0 Å². The van der Waals surface area contributed by atoms with Crippen LogP contribution in [0.3, 0.4) is 0 Å². The molecule has 1 nitrogen and oxygen atoms in total. The molecule has 0 N–H and O–H groups in total. The summed E-state index contributed by atoms with van der Waals surface area (Å²) in [6, 6.07) is 8.75. The fraction of sp³-hybridized carbons (Fsp3) is 0.467. The van der Waals surface area contributed by atoms with Gasteiger partial charge in [-0.3, -0.25) is 0 Å². The van der Waals surface area contributed by atoms with Gasteiger partial charge in [-0.05, 0) is 56.4 Å². The summed E-state index contributed by atoms with van der Waals surface area (Å²) in [6.07, 6.45) is 7.18. The molecule has 2 rings (SSSR count). The topological polar surface area (TPSA) is 3.24 Å². The van der Waals surface area contributed by atoms with Gasteiger partial charge in [-0.25, -0.2) is 0 Å². The normalized spacial score (nSPS) is 16.5. The van der Waals surface area contributed by atoms with E-state index >= 15 is 0 Å². The molecule has 0 unspecified atom stereocenters. The molecule has 1 aliphatic rings. The van der Waals surface area contributed by atoms with Crippen LogP contribution in [0.2, 0.25) is 0 Å². The number of benzene rings is 1. The third-order valence-electron chi connectivity index (χ3n) is 3.35. The van der Waals surface area contributed by atoms with Crippen molar-refractivity contribution in [2.75, 3.05) is 19.6 Å². The fourth-order valence-electron chi connectivity index (χ4n) is 2.33. The molecule has 1 heterocycles. The van der Waals surface area contributed by atoms with Crippen molar-refractivity contribution in [3.63, 3.8) is 0 Å². The maximum absolute atomic E-state index is 3.77. The molecule has 0 saturated carbocycles. The third-order valence-corrected chi connectivity index (χ3v) is 3.35. The van der Waals surface area contributed by atoms with Crippen molar-refractivity contribution in [2.45, 2.75) is 25.7 Å². The lowest BCUT2D eigenvalue weighted by molar-refractivity contribution is 0.334. The van der Waals surface area contributed by atoms with Crippen LogP contribution in [-0.4, -0.2) is 24.5 Å². The fourth-order valence-corrected chi connectivity index (χ4v) is 2.33. The molecule has 1 heteroatoms. The summed E-state index contributed by atoms with van der Waals surface area (Å²) in [5, 5.41) is 0. The Morgan fingerprint density at radius 2 is 1.81 bits per heavy atom. The number of likely N-dealkylation sites (tertiary alicyclic amines) is 1. The lowest BCUT2D eigenvalue weighted by Crippen LogP contribution is -2.20. The van der Waals surface area contributed by atoms with E-state index in [4.69, 9.17) is 0 Å². The van der Waals surface area contributed by atoms with Crippen LogP contribution < -0.4 is 0 Å². The molecule has 0 bridgehead atoms. The first kappa shape index (κ1) is 11.4. The Bertz CT molecular complexity index is 320. The largest absolute Gasteiger partial charge is 0.303 e. The van der Waals surface area contributed by atoms with Gasteiger partial charge in [-0.15, -0.1) is 0 Å². The Hall–Kier alpha value is -1.08. The van der Waals surface area contributed by atoms with Gasteiger partial charge in [0.2, 0.25) is 0 Å². The SMILES string of the molecule is C=Cc1ccc(CCCN2CCCC2)cc1. The summed E-state index contributed by atoms with van der Waals surface area (Å²) in [6.45, 7) is 7.67. The lowest BCUT2D eigenvalue weighted by atomic mass is 10.1. The van der Waals surface area contributed by atoms with Gasteiger partial charge in [0.05, 0.1) is 0 Å². The molecular weight excluding hydrogens is 194 g/mol. The lowest BCUT2D eigenvalue weighted by Gasteiger charge is -2.13. The highest BCUT2D eigenvalue weighted by molar-refractivity contribution is 5.47. The second kappa shape index (κ2) is 5.86. The van der Waals surface area contributed by atoms with Crippen molar-refractivity contribution in [3.05, 3.63) is 42.0 Å². The van der Waals surface area contributed by atoms with Gasteiger partial charge in [0.15, 0.2) is 0 Å². The molecule has 86 valence electrons. The van der Waals surface area contributed by atoms with Crippen LogP contribution in [-0.2, 0) is 6.42 Å². The first-order chi connectivity index (χ1) is 7.88. The summed E-state index contributed by atoms with van der Waals surface area (Å²) >= 11 is 0. The standard InChI is InChI=1S/C15H21N/c1-2-14-7-9-15(10-8-14)6-5-13-16-11-3-4-12-16/h2,7-10H,1,3-6,11-13H2. The van der Waals surface area contributed by atoms with Crippen molar-refractivity contribution in [3.8, 4) is 0 Å². The molecule has 0 atom stereocenters. The van der Waals surface area contributed by atoms with Crippen molar-refractivity contribution in [1.82, 2.24) is 4.90 Å². The van der Waals surface area contributed by atoms with Crippen LogP contribution in [0.4, 0.5) is 0 Å². The van der Waals surface area contributed by atoms with E-state index in [1.165, 1.54) is 56.4 Å². The second-order valence-corrected chi connectivity index (χ2v) is 4.60. The number of hydrogen-bond acceptors (Lipinski definition) is 1. The maximum atomic E-state index is 3.77. The molecule has 0 aromatic heterocycles. The Morgan fingerprint density at radius 3 is 2.44 bits per heavy atom. The van der Waals surface area contributed by atoms with Gasteiger partial charge in [-0.1, -0.05) is 36.9 Å². The summed E-state index contributed by atoms with van der Waals surface area (Å²) in [4.78, 5) is 2.58. The van der Waals surface area contributed by atoms with E-state index in [1.807, 2.05) is 6.08 Å². The predicted octanol–water partition coefficient (Wildman–Crippen LogP) is 3.36. The molecule has 16 heavy (non-hydrogen) atoms. The Balaban J connectivity index is 1.73. The number of aryl methyl sites for hydroxylation is 1. The molecule has 0 aliphatic carbocycles. The van der Waals surface area contributed by atoms with E-state index in [0.717, 1.165) is 0 Å². The molecule has 1 aromatic rings. The van der Waals surface area contributed by atoms with E-state index in [-0.39, 0.29) is 0 Å². The van der Waals surface area contributed by atoms with E-state index in [9.17, 15) is 0 Å². The van der Waals surface area contributed by atoms with E-state index in [2.05, 4.69) is 35.7 Å². The van der Waals surface area contributed by atoms with E-state index in [0.29, 0.717) is 0 Å². The smallest absolute Gasteiger partial charge is 0.00156 e. The van der Waals surface area contributed by atoms with E-state index in [1.54, 1.807) is 0 Å². The van der Waals surface area contributed by atoms with E-state index < -0.39 is 0 Å². The quantitative estimate of drug-likeness (QED) is 0.728. The Morgan fingerprint density at radius 1 is 1.12 bits per heavy atom. The molecule has 1 saturated heterocycles. The summed E-state index contributed by atoms with van der Waals surface area (Å²) in [7, 11) is 0. The number of hydrogen-bond donors (Lipinski definition) is 0. The monoisotopic (exact) mass is 215 g/mol. The van der Waals surface area contributed by atoms with Gasteiger partial charge in [0, 0.05) is 0 Å². The van der Waals surface area contributed by atoms with Crippen molar-refractivity contribution in [2.24, 2.45) is 0 Å². The zero-order valence-corrected chi connectivity index (χ0v) is 9.99. The average Bonchev–Trinajstić information content (AvgIpc) is 2.83. The third kappa shape index (κ3) is 3.21. The van der Waals surface area contributed by atoms with Gasteiger partial charge in [0.25, 0.3) is 0 Å². The molecule has 0 radical (unpaired) electrons. The summed E-state index contributed by atoms with van der Waals surface area (Å²) in [5.41, 5.74) is 2.66. The van der Waals surface area contributed by atoms with Crippen LogP contribution >= 0.6 is 0 Å². The number of rotatable bonds is 5. The minimum Gasteiger partial charge on any atom is -0.303 e. The minimum atomic E-state index is 1.20. The van der Waals surface area contributed by atoms with Crippen molar-refractivity contribution in [1.29, 1.82) is 0 Å². The highest BCUT2D eigenvalue weighted by Crippen LogP contribution is 2.11. The minimum absolute atomic E-state index is 1.20. The highest BCUT2D eigenvalue weighted by Gasteiger charge is 2.10. The Kier molecular flexibility index (Phi) is 4.17. The summed E-state index contributed by atoms with van der Waals surface area (Å²) in [5.74, 6) is 0. The Labute approximate surface area is 98.8 Å². The van der Waals surface area contributed by atoms with Crippen molar-refractivity contribution < 1.29 is 0 Å². The zero-order chi connectivity index (χ0) is 11.2. The van der Waals surface area contributed by atoms with Crippen LogP contribution in [0, 0.1) is 0 Å². The summed E-state index contributed by atoms with van der Waals surface area (Å²) < 4.78 is 0. The second-order valence-electron chi connectivity index (χ2n) is 4.60. The molecule has 1 aromatic carbocycles. The van der Waals surface area contributed by atoms with Crippen LogP contribution in [0.25, 0.3) is 6.08 Å². The molecular formula is C15H21N. The van der Waals surface area contributed by atoms with Gasteiger partial charge >= 0.3 is 0 Å². The van der Waals surface area contributed by atoms with Gasteiger partial charge < -0.3 is 4.90 Å². The molecule has 1 fully saturated rings. The first-order valence-corrected chi connectivity index (χ1v) is 6.32. The maximum Gasteiger partial charge on any atom is -0.00156 e. The van der Waals surface area contributed by atoms with Crippen LogP contribution in [0.5, 0.6) is 0 Å². The number of nitrogens with zero attached hydrogens (tertiary/aromatic N) is 1. The first-order valence-electron chi connectivity index (χ1n) is 6.32. The highest BCUT2D eigenvalue weighted by atomic mass is 15.1. The van der Waals surface area contributed by atoms with Crippen LogP contribution in [0.1, 0.15) is 30.4 Å².